The summed E-state index contributed by atoms with van der Waals surface area (Å²) in [7, 11) is 0. The molecule has 2 atom stereocenters. The van der Waals surface area contributed by atoms with Gasteiger partial charge in [0.05, 0.1) is 11.9 Å². The van der Waals surface area contributed by atoms with E-state index in [4.69, 9.17) is 4.42 Å². The summed E-state index contributed by atoms with van der Waals surface area (Å²) in [6.45, 7) is 2.09. The molecule has 1 heterocycles. The second-order valence-corrected chi connectivity index (χ2v) is 4.80. The van der Waals surface area contributed by atoms with Crippen LogP contribution in [0.3, 0.4) is 0 Å². The highest BCUT2D eigenvalue weighted by atomic mass is 16.4. The Kier molecular flexibility index (Phi) is 3.15. The quantitative estimate of drug-likeness (QED) is 0.854. The molecule has 3 nitrogen and oxygen atoms in total. The molecule has 16 heavy (non-hydrogen) atoms. The van der Waals surface area contributed by atoms with Gasteiger partial charge in [-0.2, -0.15) is 0 Å². The number of rotatable bonds is 3. The Bertz CT molecular complexity index is 389. The van der Waals surface area contributed by atoms with E-state index in [1.807, 2.05) is 6.07 Å². The zero-order valence-electron chi connectivity index (χ0n) is 9.61. The van der Waals surface area contributed by atoms with Gasteiger partial charge in [-0.1, -0.05) is 13.3 Å². The summed E-state index contributed by atoms with van der Waals surface area (Å²) >= 11 is 0. The fraction of sp³-hybridized carbons (Fsp3) is 0.615. The van der Waals surface area contributed by atoms with E-state index in [1.165, 1.54) is 12.3 Å². The van der Waals surface area contributed by atoms with E-state index in [1.54, 1.807) is 0 Å². The van der Waals surface area contributed by atoms with Crippen molar-refractivity contribution in [2.45, 2.75) is 50.5 Å². The molecule has 1 aromatic rings. The van der Waals surface area contributed by atoms with Crippen LogP contribution in [0.1, 0.15) is 50.5 Å². The molecule has 1 fully saturated rings. The summed E-state index contributed by atoms with van der Waals surface area (Å²) in [5.74, 6) is 0.334. The molecule has 3 heteroatoms. The van der Waals surface area contributed by atoms with Gasteiger partial charge < -0.3 is 9.52 Å². The Morgan fingerprint density at radius 2 is 2.38 bits per heavy atom. The van der Waals surface area contributed by atoms with Crippen LogP contribution in [0.15, 0.2) is 27.6 Å². The number of aliphatic hydroxyl groups is 1. The third-order valence-corrected chi connectivity index (χ3v) is 3.49. The van der Waals surface area contributed by atoms with Crippen LogP contribution in [0.5, 0.6) is 0 Å². The van der Waals surface area contributed by atoms with Crippen LogP contribution in [0.2, 0.25) is 0 Å². The summed E-state index contributed by atoms with van der Waals surface area (Å²) in [4.78, 5) is 10.9. The van der Waals surface area contributed by atoms with Crippen molar-refractivity contribution < 1.29 is 9.52 Å². The van der Waals surface area contributed by atoms with E-state index in [9.17, 15) is 9.90 Å². The van der Waals surface area contributed by atoms with Gasteiger partial charge in [0.15, 0.2) is 0 Å². The molecule has 0 spiro atoms. The van der Waals surface area contributed by atoms with Crippen LogP contribution in [0.4, 0.5) is 0 Å². The summed E-state index contributed by atoms with van der Waals surface area (Å²) in [6.07, 6.45) is 6.02. The van der Waals surface area contributed by atoms with Gasteiger partial charge >= 0.3 is 5.63 Å². The second-order valence-electron chi connectivity index (χ2n) is 4.80. The fourth-order valence-corrected chi connectivity index (χ4v) is 2.68. The molecule has 1 aliphatic carbocycles. The average molecular weight is 222 g/mol. The van der Waals surface area contributed by atoms with Crippen LogP contribution in [-0.2, 0) is 0 Å². The lowest BCUT2D eigenvalue weighted by Gasteiger charge is -2.21. The molecule has 1 N–H and O–H groups in total. The first-order valence-electron chi connectivity index (χ1n) is 5.94. The third-order valence-electron chi connectivity index (χ3n) is 3.49. The highest BCUT2D eigenvalue weighted by Gasteiger charge is 2.37. The number of hydrogen-bond acceptors (Lipinski definition) is 3. The maximum Gasteiger partial charge on any atom is 0.335 e. The molecule has 2 rings (SSSR count). The lowest BCUT2D eigenvalue weighted by atomic mass is 9.93. The topological polar surface area (TPSA) is 50.4 Å². The van der Waals surface area contributed by atoms with E-state index in [0.717, 1.165) is 37.7 Å². The summed E-state index contributed by atoms with van der Waals surface area (Å²) < 4.78 is 4.86. The molecular formula is C13H18O3. The Balaban J connectivity index is 2.08. The Morgan fingerprint density at radius 1 is 1.56 bits per heavy atom. The molecule has 0 bridgehead atoms. The first kappa shape index (κ1) is 11.4. The van der Waals surface area contributed by atoms with E-state index in [-0.39, 0.29) is 5.63 Å². The third kappa shape index (κ3) is 2.35. The molecule has 1 aromatic heterocycles. The molecule has 0 saturated heterocycles. The molecule has 0 aromatic carbocycles. The average Bonchev–Trinajstić information content (AvgIpc) is 2.62. The van der Waals surface area contributed by atoms with Crippen molar-refractivity contribution in [2.24, 2.45) is 0 Å². The van der Waals surface area contributed by atoms with Gasteiger partial charge in [0, 0.05) is 6.07 Å². The standard InChI is InChI=1S/C13H18O3/c1-2-6-13(15)7-5-10(8-13)11-3-4-12(14)16-9-11/h3-4,9-10,15H,2,5-8H2,1H3/t10-,13+/m0/s1. The van der Waals surface area contributed by atoms with Gasteiger partial charge in [0.25, 0.3) is 0 Å². The van der Waals surface area contributed by atoms with Gasteiger partial charge in [-0.3, -0.25) is 0 Å². The van der Waals surface area contributed by atoms with Gasteiger partial charge in [-0.05, 0) is 43.2 Å². The normalized spacial score (nSPS) is 29.5. The summed E-state index contributed by atoms with van der Waals surface area (Å²) in [6, 6.07) is 3.26. The van der Waals surface area contributed by atoms with Crippen molar-refractivity contribution in [1.82, 2.24) is 0 Å². The smallest absolute Gasteiger partial charge is 0.335 e. The van der Waals surface area contributed by atoms with Crippen LogP contribution in [0.25, 0.3) is 0 Å². The minimum atomic E-state index is -0.504. The van der Waals surface area contributed by atoms with E-state index in [0.29, 0.717) is 5.92 Å². The van der Waals surface area contributed by atoms with Gasteiger partial charge in [-0.25, -0.2) is 4.79 Å². The predicted octanol–water partition coefficient (Wildman–Crippen LogP) is 2.44. The highest BCUT2D eigenvalue weighted by Crippen LogP contribution is 2.42. The first-order valence-corrected chi connectivity index (χ1v) is 5.94. The molecule has 1 aliphatic rings. The first-order chi connectivity index (χ1) is 7.63. The SMILES string of the molecule is CCC[C@@]1(O)CC[C@H](c2ccc(=O)oc2)C1. The zero-order valence-corrected chi connectivity index (χ0v) is 9.61. The summed E-state index contributed by atoms with van der Waals surface area (Å²) in [5.41, 5.74) is 0.215. The molecule has 0 radical (unpaired) electrons. The van der Waals surface area contributed by atoms with E-state index < -0.39 is 5.60 Å². The highest BCUT2D eigenvalue weighted by molar-refractivity contribution is 5.16. The van der Waals surface area contributed by atoms with Crippen LogP contribution < -0.4 is 5.63 Å². The molecule has 88 valence electrons. The van der Waals surface area contributed by atoms with Crippen LogP contribution in [0, 0.1) is 0 Å². The molecular weight excluding hydrogens is 204 g/mol. The molecule has 0 amide bonds. The fourth-order valence-electron chi connectivity index (χ4n) is 2.68. The van der Waals surface area contributed by atoms with Crippen molar-refractivity contribution >= 4 is 0 Å². The zero-order chi connectivity index (χ0) is 11.6. The van der Waals surface area contributed by atoms with Crippen molar-refractivity contribution in [2.75, 3.05) is 0 Å². The van der Waals surface area contributed by atoms with E-state index >= 15 is 0 Å². The summed E-state index contributed by atoms with van der Waals surface area (Å²) in [5, 5.41) is 10.3. The molecule has 0 aliphatic heterocycles. The Labute approximate surface area is 95.1 Å². The largest absolute Gasteiger partial charge is 0.431 e. The maximum atomic E-state index is 10.9. The monoisotopic (exact) mass is 222 g/mol. The lowest BCUT2D eigenvalue weighted by Crippen LogP contribution is -2.23. The van der Waals surface area contributed by atoms with Crippen molar-refractivity contribution in [3.8, 4) is 0 Å². The maximum absolute atomic E-state index is 10.9. The Morgan fingerprint density at radius 3 is 3.00 bits per heavy atom. The van der Waals surface area contributed by atoms with Gasteiger partial charge in [0.2, 0.25) is 0 Å². The Hall–Kier alpha value is -1.09. The minimum Gasteiger partial charge on any atom is -0.431 e. The van der Waals surface area contributed by atoms with Crippen LogP contribution >= 0.6 is 0 Å². The van der Waals surface area contributed by atoms with Crippen molar-refractivity contribution in [3.63, 3.8) is 0 Å². The van der Waals surface area contributed by atoms with Crippen molar-refractivity contribution in [1.29, 1.82) is 0 Å². The van der Waals surface area contributed by atoms with Gasteiger partial charge in [0.1, 0.15) is 0 Å². The predicted molar refractivity (Wildman–Crippen MR) is 61.4 cm³/mol. The number of hydrogen-bond donors (Lipinski definition) is 1. The van der Waals surface area contributed by atoms with Crippen molar-refractivity contribution in [3.05, 3.63) is 34.4 Å². The van der Waals surface area contributed by atoms with Crippen LogP contribution in [-0.4, -0.2) is 10.7 Å². The van der Waals surface area contributed by atoms with E-state index in [2.05, 4.69) is 6.92 Å². The minimum absolute atomic E-state index is 0.314. The molecule has 1 saturated carbocycles. The lowest BCUT2D eigenvalue weighted by molar-refractivity contribution is 0.0366. The molecule has 0 unspecified atom stereocenters. The second kappa shape index (κ2) is 4.42. The van der Waals surface area contributed by atoms with Gasteiger partial charge in [-0.15, -0.1) is 0 Å².